The second kappa shape index (κ2) is 7.61. The molecule has 5 nitrogen and oxygen atoms in total. The lowest BCUT2D eigenvalue weighted by molar-refractivity contribution is -0.115. The molecule has 1 heterocycles. The summed E-state index contributed by atoms with van der Waals surface area (Å²) in [6, 6.07) is 15.1. The lowest BCUT2D eigenvalue weighted by atomic mass is 10.2. The molecule has 0 saturated heterocycles. The molecule has 0 aromatic heterocycles. The second-order valence-electron chi connectivity index (χ2n) is 6.06. The number of fused-ring (bicyclic) bond motifs is 1. The van der Waals surface area contributed by atoms with Crippen LogP contribution in [-0.4, -0.2) is 49.7 Å². The number of amides is 2. The maximum atomic E-state index is 12.4. The van der Waals surface area contributed by atoms with Gasteiger partial charge in [0.05, 0.1) is 12.2 Å². The van der Waals surface area contributed by atoms with Crippen LogP contribution >= 0.6 is 11.8 Å². The summed E-state index contributed by atoms with van der Waals surface area (Å²) < 4.78 is 0. The van der Waals surface area contributed by atoms with Gasteiger partial charge in [-0.1, -0.05) is 12.1 Å². The summed E-state index contributed by atoms with van der Waals surface area (Å²) in [5.41, 5.74) is 2.41. The zero-order valence-corrected chi connectivity index (χ0v) is 15.2. The van der Waals surface area contributed by atoms with Crippen molar-refractivity contribution in [1.82, 2.24) is 4.90 Å². The van der Waals surface area contributed by atoms with E-state index < -0.39 is 0 Å². The van der Waals surface area contributed by atoms with E-state index in [0.717, 1.165) is 18.0 Å². The first kappa shape index (κ1) is 17.4. The number of thioether (sulfide) groups is 1. The average molecular weight is 355 g/mol. The fourth-order valence-electron chi connectivity index (χ4n) is 2.72. The summed E-state index contributed by atoms with van der Waals surface area (Å²) in [5, 5.41) is 2.90. The number of nitrogens with one attached hydrogen (secondary N) is 1. The van der Waals surface area contributed by atoms with Crippen molar-refractivity contribution < 1.29 is 9.59 Å². The average Bonchev–Trinajstić information content (AvgIpc) is 2.62. The number of anilines is 2. The lowest BCUT2D eigenvalue weighted by Crippen LogP contribution is -2.36. The summed E-state index contributed by atoms with van der Waals surface area (Å²) in [6.45, 7) is 1.17. The van der Waals surface area contributed by atoms with E-state index >= 15 is 0 Å². The maximum Gasteiger partial charge on any atom is 0.253 e. The van der Waals surface area contributed by atoms with Gasteiger partial charge in [-0.2, -0.15) is 0 Å². The van der Waals surface area contributed by atoms with Gasteiger partial charge < -0.3 is 15.1 Å². The molecule has 1 N–H and O–H groups in total. The lowest BCUT2D eigenvalue weighted by Gasteiger charge is -2.30. The van der Waals surface area contributed by atoms with Gasteiger partial charge in [0.25, 0.3) is 5.91 Å². The number of benzene rings is 2. The number of nitrogens with zero attached hydrogens (tertiary/aromatic N) is 2. The topological polar surface area (TPSA) is 52.7 Å². The fourth-order valence-corrected chi connectivity index (χ4v) is 3.77. The first-order valence-corrected chi connectivity index (χ1v) is 9.11. The molecule has 1 aliphatic heterocycles. The summed E-state index contributed by atoms with van der Waals surface area (Å²) in [6.07, 6.45) is 0. The summed E-state index contributed by atoms with van der Waals surface area (Å²) >= 11 is 1.82. The molecule has 0 unspecified atom stereocenters. The van der Waals surface area contributed by atoms with E-state index in [1.165, 1.54) is 9.80 Å². The van der Waals surface area contributed by atoms with Crippen molar-refractivity contribution in [3.8, 4) is 0 Å². The highest BCUT2D eigenvalue weighted by Gasteiger charge is 2.19. The quantitative estimate of drug-likeness (QED) is 0.916. The fraction of sp³-hybridized carbons (Fsp3) is 0.263. The SMILES string of the molecule is CN(C)C(=O)c1ccc(NC(=O)CN2CCSc3ccccc32)cc1. The third-order valence-corrected chi connectivity index (χ3v) is 5.02. The van der Waals surface area contributed by atoms with E-state index in [4.69, 9.17) is 0 Å². The number of hydrogen-bond acceptors (Lipinski definition) is 4. The number of carbonyl (C=O) groups excluding carboxylic acids is 2. The van der Waals surface area contributed by atoms with Crippen LogP contribution in [0.4, 0.5) is 11.4 Å². The van der Waals surface area contributed by atoms with Crippen molar-refractivity contribution in [2.45, 2.75) is 4.90 Å². The van der Waals surface area contributed by atoms with Gasteiger partial charge in [-0.15, -0.1) is 11.8 Å². The van der Waals surface area contributed by atoms with Crippen LogP contribution in [0, 0.1) is 0 Å². The molecular weight excluding hydrogens is 334 g/mol. The van der Waals surface area contributed by atoms with Gasteiger partial charge in [0.1, 0.15) is 0 Å². The largest absolute Gasteiger partial charge is 0.360 e. The Morgan fingerprint density at radius 1 is 1.12 bits per heavy atom. The van der Waals surface area contributed by atoms with Gasteiger partial charge in [-0.3, -0.25) is 9.59 Å². The van der Waals surface area contributed by atoms with Crippen molar-refractivity contribution >= 4 is 35.0 Å². The van der Waals surface area contributed by atoms with Gasteiger partial charge in [-0.25, -0.2) is 0 Å². The Kier molecular flexibility index (Phi) is 5.28. The monoisotopic (exact) mass is 355 g/mol. The zero-order valence-electron chi connectivity index (χ0n) is 14.4. The van der Waals surface area contributed by atoms with E-state index in [-0.39, 0.29) is 11.8 Å². The molecule has 0 bridgehead atoms. The third kappa shape index (κ3) is 4.14. The van der Waals surface area contributed by atoms with Crippen LogP contribution in [-0.2, 0) is 4.79 Å². The minimum Gasteiger partial charge on any atom is -0.360 e. The summed E-state index contributed by atoms with van der Waals surface area (Å²) in [5.74, 6) is 0.861. The van der Waals surface area contributed by atoms with Crippen LogP contribution in [0.2, 0.25) is 0 Å². The molecule has 0 saturated carbocycles. The highest BCUT2D eigenvalue weighted by molar-refractivity contribution is 7.99. The Bertz CT molecular complexity index is 774. The Balaban J connectivity index is 1.63. The molecule has 0 spiro atoms. The predicted octanol–water partition coefficient (Wildman–Crippen LogP) is 2.94. The Hall–Kier alpha value is -2.47. The van der Waals surface area contributed by atoms with Crippen molar-refractivity contribution in [2.24, 2.45) is 0 Å². The summed E-state index contributed by atoms with van der Waals surface area (Å²) in [7, 11) is 3.43. The molecule has 0 fully saturated rings. The molecule has 130 valence electrons. The number of carbonyl (C=O) groups is 2. The maximum absolute atomic E-state index is 12.4. The van der Waals surface area contributed by atoms with Crippen LogP contribution in [0.3, 0.4) is 0 Å². The van der Waals surface area contributed by atoms with Gasteiger partial charge in [0, 0.05) is 42.5 Å². The number of hydrogen-bond donors (Lipinski definition) is 1. The molecule has 2 aromatic rings. The molecule has 3 rings (SSSR count). The molecular formula is C19H21N3O2S. The van der Waals surface area contributed by atoms with Crippen molar-refractivity contribution in [3.63, 3.8) is 0 Å². The van der Waals surface area contributed by atoms with Gasteiger partial charge in [-0.05, 0) is 36.4 Å². The normalized spacial score (nSPS) is 13.1. The van der Waals surface area contributed by atoms with Crippen molar-refractivity contribution in [3.05, 3.63) is 54.1 Å². The molecule has 0 radical (unpaired) electrons. The van der Waals surface area contributed by atoms with E-state index in [1.807, 2.05) is 23.9 Å². The minimum atomic E-state index is -0.0617. The van der Waals surface area contributed by atoms with E-state index in [2.05, 4.69) is 22.3 Å². The van der Waals surface area contributed by atoms with E-state index in [9.17, 15) is 9.59 Å². The van der Waals surface area contributed by atoms with E-state index in [0.29, 0.717) is 17.8 Å². The highest BCUT2D eigenvalue weighted by Crippen LogP contribution is 2.34. The highest BCUT2D eigenvalue weighted by atomic mass is 32.2. The standard InChI is InChI=1S/C19H21N3O2S/c1-21(2)19(24)14-7-9-15(10-8-14)20-18(23)13-22-11-12-25-17-6-4-3-5-16(17)22/h3-10H,11-13H2,1-2H3,(H,20,23). The van der Waals surface area contributed by atoms with Gasteiger partial charge >= 0.3 is 0 Å². The Labute approximate surface area is 152 Å². The zero-order chi connectivity index (χ0) is 17.8. The van der Waals surface area contributed by atoms with Crippen LogP contribution in [0.5, 0.6) is 0 Å². The van der Waals surface area contributed by atoms with Crippen LogP contribution in [0.15, 0.2) is 53.4 Å². The van der Waals surface area contributed by atoms with Crippen molar-refractivity contribution in [2.75, 3.05) is 43.2 Å². The van der Waals surface area contributed by atoms with Crippen molar-refractivity contribution in [1.29, 1.82) is 0 Å². The van der Waals surface area contributed by atoms with Gasteiger partial charge in [0.2, 0.25) is 5.91 Å². The number of para-hydroxylation sites is 1. The Morgan fingerprint density at radius 3 is 2.56 bits per heavy atom. The summed E-state index contributed by atoms with van der Waals surface area (Å²) in [4.78, 5) is 29.1. The molecule has 2 amide bonds. The van der Waals surface area contributed by atoms with Crippen LogP contribution in [0.25, 0.3) is 0 Å². The molecule has 6 heteroatoms. The second-order valence-corrected chi connectivity index (χ2v) is 7.20. The first-order valence-electron chi connectivity index (χ1n) is 8.13. The molecule has 1 aliphatic rings. The van der Waals surface area contributed by atoms with Crippen LogP contribution in [0.1, 0.15) is 10.4 Å². The Morgan fingerprint density at radius 2 is 1.84 bits per heavy atom. The predicted molar refractivity (Wildman–Crippen MR) is 102 cm³/mol. The van der Waals surface area contributed by atoms with Gasteiger partial charge in [0.15, 0.2) is 0 Å². The molecule has 2 aromatic carbocycles. The third-order valence-electron chi connectivity index (χ3n) is 3.98. The smallest absolute Gasteiger partial charge is 0.253 e. The first-order chi connectivity index (χ1) is 12.0. The molecule has 0 atom stereocenters. The molecule has 0 aliphatic carbocycles. The number of rotatable bonds is 4. The van der Waals surface area contributed by atoms with Crippen LogP contribution < -0.4 is 10.2 Å². The van der Waals surface area contributed by atoms with E-state index in [1.54, 1.807) is 38.4 Å². The molecule has 25 heavy (non-hydrogen) atoms. The minimum absolute atomic E-state index is 0.0553.